The highest BCUT2D eigenvalue weighted by Gasteiger charge is 2.17. The molecule has 0 fully saturated rings. The first-order valence-corrected chi connectivity index (χ1v) is 7.62. The predicted molar refractivity (Wildman–Crippen MR) is 88.1 cm³/mol. The van der Waals surface area contributed by atoms with Gasteiger partial charge >= 0.3 is 0 Å². The number of aromatic hydroxyl groups is 1. The Bertz CT molecular complexity index is 691. The largest absolute Gasteiger partial charge is 0.507 e. The molecule has 21 heavy (non-hydrogen) atoms. The first-order valence-electron chi connectivity index (χ1n) is 6.07. The number of carbonyl (C=O) groups excluding carboxylic acids is 1. The first kappa shape index (κ1) is 16.1. The molecule has 0 heterocycles. The van der Waals surface area contributed by atoms with Crippen molar-refractivity contribution in [3.63, 3.8) is 0 Å². The molecule has 6 heteroatoms. The van der Waals surface area contributed by atoms with Crippen LogP contribution in [-0.2, 0) is 6.54 Å². The number of hydrogen-bond acceptors (Lipinski definition) is 2. The van der Waals surface area contributed by atoms with Crippen LogP contribution in [0, 0.1) is 0 Å². The molecule has 0 aliphatic carbocycles. The Balaban J connectivity index is 2.24. The number of phenols is 1. The van der Waals surface area contributed by atoms with E-state index in [4.69, 9.17) is 23.2 Å². The van der Waals surface area contributed by atoms with Gasteiger partial charge in [-0.1, -0.05) is 51.3 Å². The van der Waals surface area contributed by atoms with Crippen LogP contribution in [0.1, 0.15) is 15.9 Å². The van der Waals surface area contributed by atoms with E-state index in [9.17, 15) is 9.90 Å². The zero-order valence-corrected chi connectivity index (χ0v) is 14.2. The number of halogens is 3. The number of amides is 1. The predicted octanol–water partition coefficient (Wildman–Crippen LogP) is 4.73. The minimum atomic E-state index is -0.301. The van der Waals surface area contributed by atoms with Crippen molar-refractivity contribution in [3.8, 4) is 5.75 Å². The minimum absolute atomic E-state index is 0.0627. The van der Waals surface area contributed by atoms with Crippen LogP contribution in [0.5, 0.6) is 5.75 Å². The second-order valence-electron chi connectivity index (χ2n) is 4.54. The second-order valence-corrected chi connectivity index (χ2v) is 6.24. The third-order valence-corrected chi connectivity index (χ3v) is 4.33. The molecule has 1 N–H and O–H groups in total. The summed E-state index contributed by atoms with van der Waals surface area (Å²) in [4.78, 5) is 13.9. The van der Waals surface area contributed by atoms with Gasteiger partial charge in [0.1, 0.15) is 5.75 Å². The highest BCUT2D eigenvalue weighted by Crippen LogP contribution is 2.28. The highest BCUT2D eigenvalue weighted by molar-refractivity contribution is 9.10. The summed E-state index contributed by atoms with van der Waals surface area (Å²) in [6.45, 7) is 0.296. The number of rotatable bonds is 3. The summed E-state index contributed by atoms with van der Waals surface area (Å²) >= 11 is 15.4. The van der Waals surface area contributed by atoms with Crippen molar-refractivity contribution in [2.24, 2.45) is 0 Å². The number of nitrogens with zero attached hydrogens (tertiary/aromatic N) is 1. The van der Waals surface area contributed by atoms with E-state index in [0.29, 0.717) is 16.6 Å². The molecular formula is C15H12BrCl2NO2. The van der Waals surface area contributed by atoms with Gasteiger partial charge in [-0.05, 0) is 29.8 Å². The summed E-state index contributed by atoms with van der Waals surface area (Å²) in [6.07, 6.45) is 0. The lowest BCUT2D eigenvalue weighted by Crippen LogP contribution is -2.26. The molecule has 0 saturated carbocycles. The Morgan fingerprint density at radius 3 is 2.71 bits per heavy atom. The van der Waals surface area contributed by atoms with Crippen LogP contribution in [0.3, 0.4) is 0 Å². The van der Waals surface area contributed by atoms with E-state index in [-0.39, 0.29) is 17.2 Å². The van der Waals surface area contributed by atoms with E-state index in [2.05, 4.69) is 15.9 Å². The van der Waals surface area contributed by atoms with Crippen LogP contribution >= 0.6 is 39.1 Å². The summed E-state index contributed by atoms with van der Waals surface area (Å²) in [5.41, 5.74) is 0.972. The molecule has 0 unspecified atom stereocenters. The molecule has 0 aliphatic rings. The maximum atomic E-state index is 12.4. The summed E-state index contributed by atoms with van der Waals surface area (Å²) in [6, 6.07) is 9.98. The molecule has 110 valence electrons. The van der Waals surface area contributed by atoms with E-state index in [1.165, 1.54) is 11.0 Å². The SMILES string of the molecule is CN(Cc1cccc(Cl)c1Cl)C(=O)c1cc(Br)ccc1O. The normalized spacial score (nSPS) is 10.5. The van der Waals surface area contributed by atoms with Gasteiger partial charge in [0.15, 0.2) is 0 Å². The number of phenolic OH excluding ortho intramolecular Hbond substituents is 1. The van der Waals surface area contributed by atoms with Crippen molar-refractivity contribution in [1.29, 1.82) is 0 Å². The molecule has 0 atom stereocenters. The van der Waals surface area contributed by atoms with E-state index in [1.807, 2.05) is 0 Å². The molecule has 0 bridgehead atoms. The van der Waals surface area contributed by atoms with Crippen molar-refractivity contribution in [3.05, 3.63) is 62.0 Å². The topological polar surface area (TPSA) is 40.5 Å². The van der Waals surface area contributed by atoms with Gasteiger partial charge in [0.05, 0.1) is 15.6 Å². The number of carbonyl (C=O) groups is 1. The van der Waals surface area contributed by atoms with Gasteiger partial charge in [0.25, 0.3) is 5.91 Å². The van der Waals surface area contributed by atoms with Gasteiger partial charge in [-0.25, -0.2) is 0 Å². The van der Waals surface area contributed by atoms with E-state index >= 15 is 0 Å². The first-order chi connectivity index (χ1) is 9.90. The summed E-state index contributed by atoms with van der Waals surface area (Å²) in [7, 11) is 1.64. The monoisotopic (exact) mass is 387 g/mol. The van der Waals surface area contributed by atoms with Crippen molar-refractivity contribution in [1.82, 2.24) is 4.90 Å². The maximum absolute atomic E-state index is 12.4. The molecule has 1 amide bonds. The van der Waals surface area contributed by atoms with Crippen LogP contribution in [0.4, 0.5) is 0 Å². The number of hydrogen-bond donors (Lipinski definition) is 1. The summed E-state index contributed by atoms with van der Waals surface area (Å²) in [5, 5.41) is 10.7. The lowest BCUT2D eigenvalue weighted by Gasteiger charge is -2.19. The van der Waals surface area contributed by atoms with Gasteiger partial charge < -0.3 is 10.0 Å². The van der Waals surface area contributed by atoms with Crippen LogP contribution in [0.15, 0.2) is 40.9 Å². The lowest BCUT2D eigenvalue weighted by molar-refractivity contribution is 0.0782. The Labute approximate surface area is 141 Å². The van der Waals surface area contributed by atoms with E-state index in [0.717, 1.165) is 10.0 Å². The van der Waals surface area contributed by atoms with Gasteiger partial charge in [-0.3, -0.25) is 4.79 Å². The Morgan fingerprint density at radius 2 is 2.00 bits per heavy atom. The van der Waals surface area contributed by atoms with E-state index in [1.54, 1.807) is 37.4 Å². The Morgan fingerprint density at radius 1 is 1.29 bits per heavy atom. The summed E-state index contributed by atoms with van der Waals surface area (Å²) in [5.74, 6) is -0.364. The average Bonchev–Trinajstić information content (AvgIpc) is 2.45. The molecule has 0 radical (unpaired) electrons. The standard InChI is InChI=1S/C15H12BrCl2NO2/c1-19(8-9-3-2-4-12(17)14(9)18)15(21)11-7-10(16)5-6-13(11)20/h2-7,20H,8H2,1H3. The highest BCUT2D eigenvalue weighted by atomic mass is 79.9. The van der Waals surface area contributed by atoms with Crippen molar-refractivity contribution in [2.75, 3.05) is 7.05 Å². The van der Waals surface area contributed by atoms with Crippen LogP contribution in [0.2, 0.25) is 10.0 Å². The molecule has 0 spiro atoms. The Hall–Kier alpha value is -1.23. The van der Waals surface area contributed by atoms with Gasteiger partial charge in [-0.15, -0.1) is 0 Å². The van der Waals surface area contributed by atoms with Crippen molar-refractivity contribution >= 4 is 45.0 Å². The van der Waals surface area contributed by atoms with Crippen molar-refractivity contribution < 1.29 is 9.90 Å². The molecule has 2 rings (SSSR count). The zero-order chi connectivity index (χ0) is 15.6. The quantitative estimate of drug-likeness (QED) is 0.825. The fraction of sp³-hybridized carbons (Fsp3) is 0.133. The molecule has 3 nitrogen and oxygen atoms in total. The third-order valence-electron chi connectivity index (χ3n) is 2.97. The van der Waals surface area contributed by atoms with E-state index < -0.39 is 0 Å². The number of benzene rings is 2. The molecule has 0 aliphatic heterocycles. The van der Waals surface area contributed by atoms with Crippen LogP contribution in [-0.4, -0.2) is 23.0 Å². The molecule has 0 saturated heterocycles. The maximum Gasteiger partial charge on any atom is 0.257 e. The van der Waals surface area contributed by atoms with Crippen LogP contribution < -0.4 is 0 Å². The molecule has 2 aromatic carbocycles. The van der Waals surface area contributed by atoms with Gasteiger partial charge in [0.2, 0.25) is 0 Å². The molecule has 2 aromatic rings. The molecular weight excluding hydrogens is 377 g/mol. The second kappa shape index (κ2) is 6.69. The minimum Gasteiger partial charge on any atom is -0.507 e. The van der Waals surface area contributed by atoms with Crippen molar-refractivity contribution in [2.45, 2.75) is 6.54 Å². The van der Waals surface area contributed by atoms with Gasteiger partial charge in [0, 0.05) is 18.1 Å². The summed E-state index contributed by atoms with van der Waals surface area (Å²) < 4.78 is 0.720. The lowest BCUT2D eigenvalue weighted by atomic mass is 10.1. The van der Waals surface area contributed by atoms with Crippen LogP contribution in [0.25, 0.3) is 0 Å². The smallest absolute Gasteiger partial charge is 0.257 e. The van der Waals surface area contributed by atoms with Gasteiger partial charge in [-0.2, -0.15) is 0 Å². The third kappa shape index (κ3) is 3.70. The average molecular weight is 389 g/mol. The zero-order valence-electron chi connectivity index (χ0n) is 11.1. The fourth-order valence-corrected chi connectivity index (χ4v) is 2.62. The molecule has 0 aromatic heterocycles. The Kier molecular flexibility index (Phi) is 5.14. The fourth-order valence-electron chi connectivity index (χ4n) is 1.88.